The van der Waals surface area contributed by atoms with Crippen molar-refractivity contribution in [2.24, 2.45) is 5.73 Å². The van der Waals surface area contributed by atoms with E-state index in [0.29, 0.717) is 0 Å². The fraction of sp³-hybridized carbons (Fsp3) is 0.700. The van der Waals surface area contributed by atoms with Gasteiger partial charge in [-0.05, 0) is 20.8 Å². The Bertz CT molecular complexity index is 401. The van der Waals surface area contributed by atoms with Crippen molar-refractivity contribution in [3.05, 3.63) is 12.2 Å². The molecule has 2 atom stereocenters. The van der Waals surface area contributed by atoms with Crippen molar-refractivity contribution in [1.82, 2.24) is 0 Å². The minimum absolute atomic E-state index is 0.0808. The van der Waals surface area contributed by atoms with E-state index >= 15 is 0 Å². The van der Waals surface area contributed by atoms with Gasteiger partial charge in [-0.2, -0.15) is 8.42 Å². The molecular formula is C10H19NO5S. The van der Waals surface area contributed by atoms with Crippen LogP contribution in [-0.4, -0.2) is 36.3 Å². The predicted octanol–water partition coefficient (Wildman–Crippen LogP) is 0.490. The summed E-state index contributed by atoms with van der Waals surface area (Å²) in [6, 6.07) is -0.791. The average molecular weight is 265 g/mol. The second-order valence-corrected chi connectivity index (χ2v) is 6.13. The third-order valence-electron chi connectivity index (χ3n) is 2.73. The molecule has 7 heteroatoms. The highest BCUT2D eigenvalue weighted by atomic mass is 32.2. The zero-order chi connectivity index (χ0) is 13.9. The van der Waals surface area contributed by atoms with Gasteiger partial charge < -0.3 is 10.5 Å². The van der Waals surface area contributed by atoms with Crippen molar-refractivity contribution in [3.63, 3.8) is 0 Å². The van der Waals surface area contributed by atoms with E-state index in [-0.39, 0.29) is 18.6 Å². The monoisotopic (exact) mass is 265 g/mol. The molecule has 0 aromatic rings. The molecule has 0 aliphatic heterocycles. The summed E-state index contributed by atoms with van der Waals surface area (Å²) in [6.07, 6.45) is -0.0808. The molecule has 100 valence electrons. The molecule has 0 saturated heterocycles. The van der Waals surface area contributed by atoms with Gasteiger partial charge in [0, 0.05) is 18.0 Å². The quantitative estimate of drug-likeness (QED) is 0.411. The van der Waals surface area contributed by atoms with E-state index in [1.54, 1.807) is 0 Å². The zero-order valence-electron chi connectivity index (χ0n) is 10.3. The topological polar surface area (TPSA) is 107 Å². The van der Waals surface area contributed by atoms with Crippen LogP contribution in [0.5, 0.6) is 0 Å². The molecule has 0 aliphatic carbocycles. The number of nitrogens with two attached hydrogens (primary N) is 1. The van der Waals surface area contributed by atoms with E-state index in [2.05, 4.69) is 6.58 Å². The number of rotatable bonds is 6. The van der Waals surface area contributed by atoms with Gasteiger partial charge in [-0.25, -0.2) is 4.79 Å². The Morgan fingerprint density at radius 3 is 2.35 bits per heavy atom. The fourth-order valence-corrected chi connectivity index (χ4v) is 1.87. The largest absolute Gasteiger partial charge is 0.462 e. The number of ether oxygens (including phenoxy) is 1. The van der Waals surface area contributed by atoms with Crippen molar-refractivity contribution >= 4 is 16.1 Å². The maximum Gasteiger partial charge on any atom is 0.333 e. The van der Waals surface area contributed by atoms with Crippen molar-refractivity contribution in [2.45, 2.75) is 38.0 Å². The molecule has 0 aliphatic rings. The van der Waals surface area contributed by atoms with Crippen LogP contribution in [0.4, 0.5) is 0 Å². The second kappa shape index (κ2) is 5.61. The maximum absolute atomic E-state index is 11.2. The van der Waals surface area contributed by atoms with Crippen molar-refractivity contribution in [2.75, 3.05) is 6.61 Å². The Morgan fingerprint density at radius 2 is 2.06 bits per heavy atom. The second-order valence-electron chi connectivity index (χ2n) is 4.24. The summed E-state index contributed by atoms with van der Waals surface area (Å²) in [5.41, 5.74) is 5.76. The first-order chi connectivity index (χ1) is 7.52. The molecule has 0 heterocycles. The molecule has 0 aromatic carbocycles. The van der Waals surface area contributed by atoms with Gasteiger partial charge in [-0.15, -0.1) is 0 Å². The number of carbonyl (C=O) groups excluding carboxylic acids is 1. The molecule has 3 N–H and O–H groups in total. The maximum atomic E-state index is 11.2. The van der Waals surface area contributed by atoms with E-state index < -0.39 is 26.9 Å². The van der Waals surface area contributed by atoms with Crippen LogP contribution >= 0.6 is 0 Å². The minimum atomic E-state index is -4.32. The lowest BCUT2D eigenvalue weighted by Crippen LogP contribution is -2.50. The summed E-state index contributed by atoms with van der Waals surface area (Å²) >= 11 is 0. The highest BCUT2D eigenvalue weighted by Crippen LogP contribution is 2.23. The average Bonchev–Trinajstić information content (AvgIpc) is 2.14. The molecule has 0 amide bonds. The molecule has 0 aromatic heterocycles. The van der Waals surface area contributed by atoms with E-state index in [9.17, 15) is 13.2 Å². The van der Waals surface area contributed by atoms with Crippen LogP contribution in [0.1, 0.15) is 27.2 Å². The molecular weight excluding hydrogens is 246 g/mol. The van der Waals surface area contributed by atoms with Gasteiger partial charge in [-0.1, -0.05) is 6.58 Å². The summed E-state index contributed by atoms with van der Waals surface area (Å²) in [7, 11) is -4.32. The Kier molecular flexibility index (Phi) is 5.31. The summed E-state index contributed by atoms with van der Waals surface area (Å²) in [5.74, 6) is -0.604. The van der Waals surface area contributed by atoms with E-state index in [4.69, 9.17) is 15.0 Å². The third kappa shape index (κ3) is 4.10. The van der Waals surface area contributed by atoms with Gasteiger partial charge in [-0.3, -0.25) is 4.55 Å². The van der Waals surface area contributed by atoms with Gasteiger partial charge in [0.15, 0.2) is 0 Å². The summed E-state index contributed by atoms with van der Waals surface area (Å²) in [5, 5.41) is 0. The molecule has 6 nitrogen and oxygen atoms in total. The van der Waals surface area contributed by atoms with E-state index in [1.807, 2.05) is 0 Å². The molecule has 0 rings (SSSR count). The van der Waals surface area contributed by atoms with Crippen molar-refractivity contribution < 1.29 is 22.5 Å². The Hall–Kier alpha value is -0.920. The fourth-order valence-electron chi connectivity index (χ4n) is 1.06. The summed E-state index contributed by atoms with van der Waals surface area (Å²) < 4.78 is 34.8. The van der Waals surface area contributed by atoms with Gasteiger partial charge in [0.05, 0.1) is 6.61 Å². The van der Waals surface area contributed by atoms with Crippen molar-refractivity contribution in [3.8, 4) is 0 Å². The number of carbonyl (C=O) groups is 1. The smallest absolute Gasteiger partial charge is 0.333 e. The number of esters is 1. The van der Waals surface area contributed by atoms with E-state index in [0.717, 1.165) is 0 Å². The van der Waals surface area contributed by atoms with Gasteiger partial charge >= 0.3 is 5.97 Å². The highest BCUT2D eigenvalue weighted by molar-refractivity contribution is 7.87. The van der Waals surface area contributed by atoms with Crippen LogP contribution in [0, 0.1) is 0 Å². The standard InChI is InChI=1S/C10H19NO5S/c1-7(2)9(12)16-6-5-10(4,8(3)11)17(13,14)15/h8H,1,5-6,11H2,2-4H3,(H,13,14,15). The van der Waals surface area contributed by atoms with E-state index in [1.165, 1.54) is 20.8 Å². The summed E-state index contributed by atoms with van der Waals surface area (Å²) in [6.45, 7) is 7.49. The number of hydrogen-bond donors (Lipinski definition) is 2. The van der Waals surface area contributed by atoms with Crippen molar-refractivity contribution in [1.29, 1.82) is 0 Å². The third-order valence-corrected chi connectivity index (χ3v) is 4.49. The number of hydrogen-bond acceptors (Lipinski definition) is 5. The molecule has 2 unspecified atom stereocenters. The molecule has 0 radical (unpaired) electrons. The Labute approximate surface area is 102 Å². The van der Waals surface area contributed by atoms with Crippen LogP contribution in [0.15, 0.2) is 12.2 Å². The first-order valence-electron chi connectivity index (χ1n) is 5.07. The molecule has 0 spiro atoms. The molecule has 0 saturated carbocycles. The summed E-state index contributed by atoms with van der Waals surface area (Å²) in [4.78, 5) is 11.1. The first kappa shape index (κ1) is 16.1. The minimum Gasteiger partial charge on any atom is -0.462 e. The normalized spacial score (nSPS) is 17.0. The molecule has 17 heavy (non-hydrogen) atoms. The van der Waals surface area contributed by atoms with Gasteiger partial charge in [0.25, 0.3) is 10.1 Å². The lowest BCUT2D eigenvalue weighted by Gasteiger charge is -2.29. The Balaban J connectivity index is 4.62. The lowest BCUT2D eigenvalue weighted by atomic mass is 10.00. The highest BCUT2D eigenvalue weighted by Gasteiger charge is 2.41. The van der Waals surface area contributed by atoms with Crippen LogP contribution in [0.3, 0.4) is 0 Å². The molecule has 0 fully saturated rings. The Morgan fingerprint density at radius 1 is 1.59 bits per heavy atom. The van der Waals surface area contributed by atoms with Crippen LogP contribution in [0.25, 0.3) is 0 Å². The zero-order valence-corrected chi connectivity index (χ0v) is 11.1. The van der Waals surface area contributed by atoms with Gasteiger partial charge in [0.1, 0.15) is 4.75 Å². The van der Waals surface area contributed by atoms with Crippen LogP contribution < -0.4 is 5.73 Å². The first-order valence-corrected chi connectivity index (χ1v) is 6.51. The lowest BCUT2D eigenvalue weighted by molar-refractivity contribution is -0.139. The SMILES string of the molecule is C=C(C)C(=O)OCCC(C)(C(C)N)S(=O)(=O)O. The predicted molar refractivity (Wildman–Crippen MR) is 64.0 cm³/mol. The van der Waals surface area contributed by atoms with Gasteiger partial charge in [0.2, 0.25) is 0 Å². The molecule has 0 bridgehead atoms. The van der Waals surface area contributed by atoms with Crippen LogP contribution in [0.2, 0.25) is 0 Å². The van der Waals surface area contributed by atoms with Crippen LogP contribution in [-0.2, 0) is 19.6 Å².